The molecule has 1 unspecified atom stereocenters. The number of aliphatic hydroxyl groups is 1. The number of hydrogen-bond donors (Lipinski definition) is 3. The fraction of sp³-hybridized carbons (Fsp3) is 0.136. The molecular formula is C22H20N4O4. The third kappa shape index (κ3) is 4.56. The lowest BCUT2D eigenvalue weighted by molar-refractivity contribution is -0.384. The third-order valence-electron chi connectivity index (χ3n) is 4.59. The molecule has 0 fully saturated rings. The normalized spacial score (nSPS) is 11.9. The summed E-state index contributed by atoms with van der Waals surface area (Å²) in [6.07, 6.45) is -0.642. The first-order chi connectivity index (χ1) is 14.6. The summed E-state index contributed by atoms with van der Waals surface area (Å²) in [5, 5.41) is 27.1. The van der Waals surface area contributed by atoms with Crippen LogP contribution in [0.5, 0.6) is 0 Å². The minimum Gasteiger partial charge on any atom is -0.436 e. The lowest BCUT2D eigenvalue weighted by Gasteiger charge is -2.14. The summed E-state index contributed by atoms with van der Waals surface area (Å²) < 4.78 is 5.77. The lowest BCUT2D eigenvalue weighted by atomic mass is 10.2. The molecule has 8 heteroatoms. The number of nitro groups is 1. The van der Waals surface area contributed by atoms with Crippen molar-refractivity contribution >= 4 is 28.2 Å². The Morgan fingerprint density at radius 2 is 1.53 bits per heavy atom. The fourth-order valence-corrected chi connectivity index (χ4v) is 2.97. The van der Waals surface area contributed by atoms with Gasteiger partial charge in [-0.1, -0.05) is 12.1 Å². The Morgan fingerprint density at radius 3 is 2.13 bits per heavy atom. The molecule has 0 aliphatic carbocycles. The zero-order valence-electron chi connectivity index (χ0n) is 16.0. The summed E-state index contributed by atoms with van der Waals surface area (Å²) in [7, 11) is 0. The van der Waals surface area contributed by atoms with Gasteiger partial charge in [-0.25, -0.2) is 4.98 Å². The van der Waals surface area contributed by atoms with E-state index in [4.69, 9.17) is 4.42 Å². The van der Waals surface area contributed by atoms with Crippen molar-refractivity contribution < 1.29 is 14.4 Å². The highest BCUT2D eigenvalue weighted by Gasteiger charge is 2.09. The Morgan fingerprint density at radius 1 is 0.933 bits per heavy atom. The quantitative estimate of drug-likeness (QED) is 0.296. The van der Waals surface area contributed by atoms with Gasteiger partial charge in [0.15, 0.2) is 5.58 Å². The summed E-state index contributed by atoms with van der Waals surface area (Å²) >= 11 is 0. The molecule has 4 rings (SSSR count). The number of para-hydroxylation sites is 2. The van der Waals surface area contributed by atoms with Gasteiger partial charge in [0.25, 0.3) is 5.69 Å². The number of nitrogens with zero attached hydrogens (tertiary/aromatic N) is 2. The van der Waals surface area contributed by atoms with E-state index < -0.39 is 11.0 Å². The number of rotatable bonds is 8. The minimum absolute atomic E-state index is 0.0315. The van der Waals surface area contributed by atoms with Gasteiger partial charge in [-0.15, -0.1) is 0 Å². The van der Waals surface area contributed by atoms with Crippen LogP contribution < -0.4 is 10.6 Å². The van der Waals surface area contributed by atoms with E-state index in [2.05, 4.69) is 15.6 Å². The van der Waals surface area contributed by atoms with E-state index in [1.165, 1.54) is 12.1 Å². The number of hydrogen-bond acceptors (Lipinski definition) is 7. The number of fused-ring (bicyclic) bond motifs is 1. The van der Waals surface area contributed by atoms with Gasteiger partial charge in [-0.3, -0.25) is 10.1 Å². The van der Waals surface area contributed by atoms with E-state index in [1.807, 2.05) is 48.5 Å². The van der Waals surface area contributed by atoms with Gasteiger partial charge in [0, 0.05) is 42.2 Å². The zero-order valence-corrected chi connectivity index (χ0v) is 16.0. The molecule has 3 N–H and O–H groups in total. The number of oxazole rings is 1. The van der Waals surface area contributed by atoms with Gasteiger partial charge in [0.2, 0.25) is 5.89 Å². The molecular weight excluding hydrogens is 384 g/mol. The largest absolute Gasteiger partial charge is 0.436 e. The number of aliphatic hydroxyl groups excluding tert-OH is 1. The van der Waals surface area contributed by atoms with Gasteiger partial charge in [-0.05, 0) is 48.5 Å². The standard InChI is InChI=1S/C22H20N4O4/c27-19(14-24-17-9-11-18(12-10-17)26(28)29)13-23-16-7-5-15(6-8-16)22-25-20-3-1-2-4-21(20)30-22/h1-12,19,23-24,27H,13-14H2. The maximum absolute atomic E-state index is 10.7. The van der Waals surface area contributed by atoms with Gasteiger partial charge < -0.3 is 20.2 Å². The summed E-state index contributed by atoms with van der Waals surface area (Å²) in [5.74, 6) is 0.565. The lowest BCUT2D eigenvalue weighted by Crippen LogP contribution is -2.27. The van der Waals surface area contributed by atoms with Crippen LogP contribution in [0.25, 0.3) is 22.6 Å². The van der Waals surface area contributed by atoms with Crippen molar-refractivity contribution in [2.24, 2.45) is 0 Å². The van der Waals surface area contributed by atoms with Crippen LogP contribution in [0.4, 0.5) is 17.1 Å². The Hall–Kier alpha value is -3.91. The van der Waals surface area contributed by atoms with Crippen molar-refractivity contribution in [2.75, 3.05) is 23.7 Å². The van der Waals surface area contributed by atoms with Gasteiger partial charge in [-0.2, -0.15) is 0 Å². The molecule has 30 heavy (non-hydrogen) atoms. The molecule has 0 saturated carbocycles. The second kappa shape index (κ2) is 8.62. The molecule has 0 aliphatic rings. The summed E-state index contributed by atoms with van der Waals surface area (Å²) in [5.41, 5.74) is 4.05. The number of benzene rings is 3. The maximum Gasteiger partial charge on any atom is 0.269 e. The van der Waals surface area contributed by atoms with Crippen LogP contribution >= 0.6 is 0 Å². The van der Waals surface area contributed by atoms with Crippen molar-refractivity contribution in [3.05, 3.63) is 82.9 Å². The third-order valence-corrected chi connectivity index (χ3v) is 4.59. The highest BCUT2D eigenvalue weighted by Crippen LogP contribution is 2.25. The topological polar surface area (TPSA) is 113 Å². The predicted octanol–water partition coefficient (Wildman–Crippen LogP) is 4.29. The Labute approximate surface area is 172 Å². The molecule has 1 aromatic heterocycles. The number of nitrogens with one attached hydrogen (secondary N) is 2. The van der Waals surface area contributed by atoms with Crippen molar-refractivity contribution in [3.8, 4) is 11.5 Å². The summed E-state index contributed by atoms with van der Waals surface area (Å²) in [6.45, 7) is 0.661. The molecule has 0 spiro atoms. The van der Waals surface area contributed by atoms with Crippen LogP contribution in [0, 0.1) is 10.1 Å². The van der Waals surface area contributed by atoms with E-state index >= 15 is 0 Å². The second-order valence-electron chi connectivity index (χ2n) is 6.78. The molecule has 0 aliphatic heterocycles. The molecule has 8 nitrogen and oxygen atoms in total. The van der Waals surface area contributed by atoms with E-state index in [0.717, 1.165) is 22.4 Å². The van der Waals surface area contributed by atoms with E-state index in [0.29, 0.717) is 24.7 Å². The fourth-order valence-electron chi connectivity index (χ4n) is 2.97. The SMILES string of the molecule is O=[N+]([O-])c1ccc(NCC(O)CNc2ccc(-c3nc4ccccc4o3)cc2)cc1. The Bertz CT molecular complexity index is 1110. The molecule has 0 amide bonds. The Kier molecular flexibility index (Phi) is 5.58. The molecule has 3 aromatic carbocycles. The molecule has 0 radical (unpaired) electrons. The highest BCUT2D eigenvalue weighted by atomic mass is 16.6. The second-order valence-corrected chi connectivity index (χ2v) is 6.78. The van der Waals surface area contributed by atoms with E-state index in [1.54, 1.807) is 12.1 Å². The van der Waals surface area contributed by atoms with Crippen LogP contribution in [0.2, 0.25) is 0 Å². The first-order valence-corrected chi connectivity index (χ1v) is 9.45. The number of non-ortho nitro benzene ring substituents is 1. The van der Waals surface area contributed by atoms with Crippen LogP contribution in [0.1, 0.15) is 0 Å². The van der Waals surface area contributed by atoms with Crippen LogP contribution in [0.3, 0.4) is 0 Å². The first kappa shape index (κ1) is 19.4. The van der Waals surface area contributed by atoms with Crippen LogP contribution in [-0.4, -0.2) is 34.2 Å². The molecule has 4 aromatic rings. The van der Waals surface area contributed by atoms with Gasteiger partial charge in [0.1, 0.15) is 5.52 Å². The zero-order chi connectivity index (χ0) is 20.9. The van der Waals surface area contributed by atoms with Gasteiger partial charge in [0.05, 0.1) is 11.0 Å². The average Bonchev–Trinajstić information content (AvgIpc) is 3.21. The van der Waals surface area contributed by atoms with Crippen molar-refractivity contribution in [1.29, 1.82) is 0 Å². The predicted molar refractivity (Wildman–Crippen MR) is 116 cm³/mol. The smallest absolute Gasteiger partial charge is 0.269 e. The first-order valence-electron chi connectivity index (χ1n) is 9.45. The minimum atomic E-state index is -0.642. The number of aromatic nitrogens is 1. The van der Waals surface area contributed by atoms with Crippen LogP contribution in [-0.2, 0) is 0 Å². The van der Waals surface area contributed by atoms with Crippen molar-refractivity contribution in [1.82, 2.24) is 4.98 Å². The summed E-state index contributed by atoms with van der Waals surface area (Å²) in [4.78, 5) is 14.7. The number of anilines is 2. The van der Waals surface area contributed by atoms with Crippen molar-refractivity contribution in [2.45, 2.75) is 6.10 Å². The monoisotopic (exact) mass is 404 g/mol. The van der Waals surface area contributed by atoms with Crippen LogP contribution in [0.15, 0.2) is 77.2 Å². The average molecular weight is 404 g/mol. The van der Waals surface area contributed by atoms with Crippen molar-refractivity contribution in [3.63, 3.8) is 0 Å². The Balaban J connectivity index is 1.28. The molecule has 1 heterocycles. The van der Waals surface area contributed by atoms with E-state index in [9.17, 15) is 15.2 Å². The molecule has 1 atom stereocenters. The molecule has 152 valence electrons. The van der Waals surface area contributed by atoms with Gasteiger partial charge >= 0.3 is 0 Å². The highest BCUT2D eigenvalue weighted by molar-refractivity contribution is 5.76. The number of nitro benzene ring substituents is 1. The molecule has 0 saturated heterocycles. The summed E-state index contributed by atoms with van der Waals surface area (Å²) in [6, 6.07) is 21.3. The van der Waals surface area contributed by atoms with E-state index in [-0.39, 0.29) is 5.69 Å². The maximum atomic E-state index is 10.7. The molecule has 0 bridgehead atoms.